The Bertz CT molecular complexity index is 420. The molecule has 1 atom stereocenters. The highest BCUT2D eigenvalue weighted by molar-refractivity contribution is 5.94. The molecule has 17 heavy (non-hydrogen) atoms. The van der Waals surface area contributed by atoms with Crippen molar-refractivity contribution in [3.8, 4) is 0 Å². The second kappa shape index (κ2) is 5.98. The molecule has 5 heteroatoms. The van der Waals surface area contributed by atoms with Crippen LogP contribution in [0.25, 0.3) is 0 Å². The van der Waals surface area contributed by atoms with Crippen LogP contribution in [0.5, 0.6) is 0 Å². The fourth-order valence-electron chi connectivity index (χ4n) is 1.42. The summed E-state index contributed by atoms with van der Waals surface area (Å²) in [6, 6.07) is 5.10. The third-order valence-corrected chi connectivity index (χ3v) is 2.37. The molecule has 1 aromatic carbocycles. The maximum Gasteiger partial charge on any atom is 0.305 e. The van der Waals surface area contributed by atoms with E-state index < -0.39 is 23.7 Å². The quantitative estimate of drug-likeness (QED) is 0.823. The Morgan fingerprint density at radius 1 is 1.41 bits per heavy atom. The van der Waals surface area contributed by atoms with Crippen LogP contribution < -0.4 is 5.32 Å². The summed E-state index contributed by atoms with van der Waals surface area (Å²) in [4.78, 5) is 22.2. The lowest BCUT2D eigenvalue weighted by Gasteiger charge is -2.14. The van der Waals surface area contributed by atoms with E-state index in [1.807, 2.05) is 0 Å². The molecular weight excluding hydrogens is 225 g/mol. The van der Waals surface area contributed by atoms with E-state index in [0.29, 0.717) is 6.42 Å². The monoisotopic (exact) mass is 239 g/mol. The van der Waals surface area contributed by atoms with Gasteiger partial charge in [0, 0.05) is 6.04 Å². The summed E-state index contributed by atoms with van der Waals surface area (Å²) in [5.74, 6) is -2.20. The lowest BCUT2D eigenvalue weighted by molar-refractivity contribution is -0.137. The number of nitrogens with one attached hydrogen (secondary N) is 1. The Kier molecular flexibility index (Phi) is 4.63. The fourth-order valence-corrected chi connectivity index (χ4v) is 1.42. The Morgan fingerprint density at radius 3 is 2.59 bits per heavy atom. The third-order valence-electron chi connectivity index (χ3n) is 2.37. The molecule has 1 amide bonds. The molecule has 0 aromatic heterocycles. The Hall–Kier alpha value is -1.91. The molecule has 0 spiro atoms. The standard InChI is InChI=1S/C12H14FNO3/c1-2-8(7-11(15)16)14-12(17)9-5-3-4-6-10(9)13/h3-6,8H,2,7H2,1H3,(H,14,17)(H,15,16). The van der Waals surface area contributed by atoms with Crippen molar-refractivity contribution in [1.82, 2.24) is 5.32 Å². The van der Waals surface area contributed by atoms with Crippen molar-refractivity contribution < 1.29 is 19.1 Å². The third kappa shape index (κ3) is 3.86. The molecule has 0 fully saturated rings. The second-order valence-electron chi connectivity index (χ2n) is 3.66. The molecule has 0 bridgehead atoms. The highest BCUT2D eigenvalue weighted by atomic mass is 19.1. The van der Waals surface area contributed by atoms with Gasteiger partial charge in [0.05, 0.1) is 12.0 Å². The van der Waals surface area contributed by atoms with Crippen LogP contribution >= 0.6 is 0 Å². The van der Waals surface area contributed by atoms with Gasteiger partial charge in [-0.25, -0.2) is 4.39 Å². The van der Waals surface area contributed by atoms with Gasteiger partial charge in [0.15, 0.2) is 0 Å². The number of benzene rings is 1. The average molecular weight is 239 g/mol. The van der Waals surface area contributed by atoms with Gasteiger partial charge in [-0.2, -0.15) is 0 Å². The molecule has 0 aliphatic heterocycles. The Balaban J connectivity index is 2.71. The van der Waals surface area contributed by atoms with Crippen molar-refractivity contribution in [2.45, 2.75) is 25.8 Å². The van der Waals surface area contributed by atoms with Crippen LogP contribution in [0.3, 0.4) is 0 Å². The minimum Gasteiger partial charge on any atom is -0.481 e. The molecule has 2 N–H and O–H groups in total. The van der Waals surface area contributed by atoms with E-state index in [1.165, 1.54) is 18.2 Å². The van der Waals surface area contributed by atoms with E-state index in [2.05, 4.69) is 5.32 Å². The van der Waals surface area contributed by atoms with Crippen LogP contribution in [0, 0.1) is 5.82 Å². The number of carbonyl (C=O) groups excluding carboxylic acids is 1. The minimum absolute atomic E-state index is 0.0728. The molecule has 0 aliphatic carbocycles. The van der Waals surface area contributed by atoms with E-state index in [0.717, 1.165) is 0 Å². The van der Waals surface area contributed by atoms with Crippen molar-refractivity contribution in [3.63, 3.8) is 0 Å². The summed E-state index contributed by atoms with van der Waals surface area (Å²) in [7, 11) is 0. The first-order valence-electron chi connectivity index (χ1n) is 5.31. The maximum absolute atomic E-state index is 13.3. The second-order valence-corrected chi connectivity index (χ2v) is 3.66. The van der Waals surface area contributed by atoms with Crippen LogP contribution in [-0.2, 0) is 4.79 Å². The SMILES string of the molecule is CCC(CC(=O)O)NC(=O)c1ccccc1F. The summed E-state index contributed by atoms with van der Waals surface area (Å²) < 4.78 is 13.3. The molecule has 4 nitrogen and oxygen atoms in total. The number of aliphatic carboxylic acids is 1. The number of hydrogen-bond acceptors (Lipinski definition) is 2. The first kappa shape index (κ1) is 13.2. The summed E-state index contributed by atoms with van der Waals surface area (Å²) in [6.07, 6.45) is 0.309. The van der Waals surface area contributed by atoms with E-state index in [9.17, 15) is 14.0 Å². The van der Waals surface area contributed by atoms with Crippen LogP contribution in [-0.4, -0.2) is 23.0 Å². The van der Waals surface area contributed by atoms with E-state index in [4.69, 9.17) is 5.11 Å². The molecule has 0 aliphatic rings. The first-order chi connectivity index (χ1) is 8.04. The smallest absolute Gasteiger partial charge is 0.305 e. The number of carboxylic acids is 1. The topological polar surface area (TPSA) is 66.4 Å². The predicted octanol–water partition coefficient (Wildman–Crippen LogP) is 1.81. The molecule has 0 heterocycles. The van der Waals surface area contributed by atoms with Crippen molar-refractivity contribution >= 4 is 11.9 Å². The molecule has 1 unspecified atom stereocenters. The Morgan fingerprint density at radius 2 is 2.06 bits per heavy atom. The minimum atomic E-state index is -0.995. The maximum atomic E-state index is 13.3. The first-order valence-corrected chi connectivity index (χ1v) is 5.31. The average Bonchev–Trinajstić information content (AvgIpc) is 2.27. The molecule has 0 radical (unpaired) electrons. The molecule has 1 aromatic rings. The zero-order chi connectivity index (χ0) is 12.8. The zero-order valence-corrected chi connectivity index (χ0v) is 9.44. The van der Waals surface area contributed by atoms with Gasteiger partial charge < -0.3 is 10.4 Å². The lowest BCUT2D eigenvalue weighted by atomic mass is 10.1. The van der Waals surface area contributed by atoms with Gasteiger partial charge in [-0.15, -0.1) is 0 Å². The van der Waals surface area contributed by atoms with Crippen LogP contribution in [0.4, 0.5) is 4.39 Å². The van der Waals surface area contributed by atoms with E-state index >= 15 is 0 Å². The van der Waals surface area contributed by atoms with Gasteiger partial charge in [-0.05, 0) is 18.6 Å². The lowest BCUT2D eigenvalue weighted by Crippen LogP contribution is -2.36. The summed E-state index contributed by atoms with van der Waals surface area (Å²) in [5.41, 5.74) is -0.0728. The highest BCUT2D eigenvalue weighted by Gasteiger charge is 2.17. The van der Waals surface area contributed by atoms with E-state index in [-0.39, 0.29) is 12.0 Å². The van der Waals surface area contributed by atoms with Crippen LogP contribution in [0.15, 0.2) is 24.3 Å². The molecular formula is C12H14FNO3. The molecule has 0 saturated heterocycles. The van der Waals surface area contributed by atoms with E-state index in [1.54, 1.807) is 13.0 Å². The normalized spacial score (nSPS) is 11.9. The summed E-state index contributed by atoms with van der Waals surface area (Å²) in [6.45, 7) is 1.76. The predicted molar refractivity (Wildman–Crippen MR) is 60.2 cm³/mol. The number of hydrogen-bond donors (Lipinski definition) is 2. The van der Waals surface area contributed by atoms with Gasteiger partial charge in [-0.3, -0.25) is 9.59 Å². The van der Waals surface area contributed by atoms with Crippen molar-refractivity contribution in [1.29, 1.82) is 0 Å². The van der Waals surface area contributed by atoms with Gasteiger partial charge in [-0.1, -0.05) is 19.1 Å². The van der Waals surface area contributed by atoms with Crippen molar-refractivity contribution in [2.75, 3.05) is 0 Å². The number of carbonyl (C=O) groups is 2. The highest BCUT2D eigenvalue weighted by Crippen LogP contribution is 2.07. The van der Waals surface area contributed by atoms with Crippen molar-refractivity contribution in [3.05, 3.63) is 35.6 Å². The summed E-state index contributed by atoms with van der Waals surface area (Å²) >= 11 is 0. The fraction of sp³-hybridized carbons (Fsp3) is 0.333. The number of rotatable bonds is 5. The largest absolute Gasteiger partial charge is 0.481 e. The van der Waals surface area contributed by atoms with Crippen LogP contribution in [0.2, 0.25) is 0 Å². The van der Waals surface area contributed by atoms with Crippen LogP contribution in [0.1, 0.15) is 30.1 Å². The number of amides is 1. The molecule has 1 rings (SSSR count). The number of halogens is 1. The zero-order valence-electron chi connectivity index (χ0n) is 9.44. The van der Waals surface area contributed by atoms with Gasteiger partial charge in [0.25, 0.3) is 5.91 Å². The van der Waals surface area contributed by atoms with Gasteiger partial charge >= 0.3 is 5.97 Å². The van der Waals surface area contributed by atoms with Gasteiger partial charge in [0.2, 0.25) is 0 Å². The molecule has 92 valence electrons. The van der Waals surface area contributed by atoms with Gasteiger partial charge in [0.1, 0.15) is 5.82 Å². The molecule has 0 saturated carbocycles. The Labute approximate surface area is 98.5 Å². The number of carboxylic acid groups (broad SMARTS) is 1. The van der Waals surface area contributed by atoms with Crippen molar-refractivity contribution in [2.24, 2.45) is 0 Å². The summed E-state index contributed by atoms with van der Waals surface area (Å²) in [5, 5.41) is 11.1.